The first-order chi connectivity index (χ1) is 18.0. The summed E-state index contributed by atoms with van der Waals surface area (Å²) < 4.78 is 16.3. The van der Waals surface area contributed by atoms with E-state index in [9.17, 15) is 9.59 Å². The lowest BCUT2D eigenvalue weighted by Crippen LogP contribution is -2.38. The Morgan fingerprint density at radius 3 is 2.65 bits per heavy atom. The molecular weight excluding hydrogens is 492 g/mol. The maximum atomic E-state index is 13.1. The summed E-state index contributed by atoms with van der Waals surface area (Å²) in [6.45, 7) is 2.42. The Labute approximate surface area is 220 Å². The van der Waals surface area contributed by atoms with Crippen molar-refractivity contribution in [2.45, 2.75) is 32.2 Å². The third kappa shape index (κ3) is 5.64. The third-order valence-corrected chi connectivity index (χ3v) is 7.02. The van der Waals surface area contributed by atoms with Gasteiger partial charge in [-0.15, -0.1) is 0 Å². The second-order valence-electron chi connectivity index (χ2n) is 8.31. The summed E-state index contributed by atoms with van der Waals surface area (Å²) in [4.78, 5) is 37.0. The number of nitrogens with one attached hydrogen (secondary N) is 1. The zero-order valence-electron chi connectivity index (χ0n) is 21.3. The predicted octanol–water partition coefficient (Wildman–Crippen LogP) is 3.99. The average Bonchev–Trinajstić information content (AvgIpc) is 3.33. The second kappa shape index (κ2) is 12.0. The molecule has 0 spiro atoms. The molecule has 3 heterocycles. The van der Waals surface area contributed by atoms with Crippen molar-refractivity contribution in [3.63, 3.8) is 0 Å². The summed E-state index contributed by atoms with van der Waals surface area (Å²) in [7, 11) is 4.52. The Morgan fingerprint density at radius 2 is 1.97 bits per heavy atom. The highest BCUT2D eigenvalue weighted by molar-refractivity contribution is 8.16. The van der Waals surface area contributed by atoms with E-state index in [2.05, 4.69) is 10.3 Å². The highest BCUT2D eigenvalue weighted by Crippen LogP contribution is 2.48. The van der Waals surface area contributed by atoms with Crippen molar-refractivity contribution >= 4 is 28.8 Å². The topological polar surface area (TPSA) is 102 Å². The molecule has 2 aromatic rings. The van der Waals surface area contributed by atoms with Crippen molar-refractivity contribution in [1.29, 1.82) is 0 Å². The van der Waals surface area contributed by atoms with Crippen LogP contribution in [0.1, 0.15) is 37.1 Å². The van der Waals surface area contributed by atoms with E-state index in [0.29, 0.717) is 52.9 Å². The second-order valence-corrected chi connectivity index (χ2v) is 9.14. The number of pyridine rings is 1. The number of ether oxygens (including phenoxy) is 3. The molecule has 9 nitrogen and oxygen atoms in total. The lowest BCUT2D eigenvalue weighted by atomic mass is 9.92. The fourth-order valence-corrected chi connectivity index (χ4v) is 5.30. The normalized spacial score (nSPS) is 16.5. The molecule has 0 aliphatic carbocycles. The number of allylic oxidation sites excluding steroid dienone is 1. The van der Waals surface area contributed by atoms with Gasteiger partial charge in [-0.2, -0.15) is 0 Å². The Balaban J connectivity index is 1.65. The molecule has 194 valence electrons. The van der Waals surface area contributed by atoms with Gasteiger partial charge in [-0.1, -0.05) is 24.8 Å². The van der Waals surface area contributed by atoms with E-state index in [1.54, 1.807) is 32.5 Å². The standard InChI is InChI=1S/C27H30N4O5S/c1-5-21-24(26(33)36-4)25(20-15-19(34-2)9-10-22(20)35-3)31-18(16-37-27(31)30-21)14-23(32)29-13-11-17-8-6-7-12-28-17/h6-10,12,15-16,25H,5,11,13-14H2,1-4H3,(H,29,32). The minimum Gasteiger partial charge on any atom is -0.497 e. The minimum atomic E-state index is -0.609. The van der Waals surface area contributed by atoms with E-state index in [4.69, 9.17) is 19.2 Å². The van der Waals surface area contributed by atoms with Gasteiger partial charge in [0, 0.05) is 36.1 Å². The van der Waals surface area contributed by atoms with Crippen LogP contribution >= 0.6 is 11.8 Å². The molecule has 37 heavy (non-hydrogen) atoms. The van der Waals surface area contributed by atoms with Crippen LogP contribution in [-0.4, -0.2) is 54.8 Å². The Morgan fingerprint density at radius 1 is 1.14 bits per heavy atom. The van der Waals surface area contributed by atoms with E-state index in [-0.39, 0.29) is 12.3 Å². The number of methoxy groups -OCH3 is 3. The van der Waals surface area contributed by atoms with Gasteiger partial charge in [0.1, 0.15) is 11.5 Å². The molecule has 0 fully saturated rings. The number of aromatic nitrogens is 1. The van der Waals surface area contributed by atoms with Crippen molar-refractivity contribution in [3.8, 4) is 11.5 Å². The van der Waals surface area contributed by atoms with Crippen LogP contribution in [0.5, 0.6) is 11.5 Å². The van der Waals surface area contributed by atoms with Crippen molar-refractivity contribution in [1.82, 2.24) is 15.2 Å². The van der Waals surface area contributed by atoms with E-state index < -0.39 is 12.0 Å². The van der Waals surface area contributed by atoms with Crippen LogP contribution in [0.3, 0.4) is 0 Å². The van der Waals surface area contributed by atoms with Gasteiger partial charge in [0.2, 0.25) is 5.91 Å². The number of amidine groups is 1. The monoisotopic (exact) mass is 522 g/mol. The van der Waals surface area contributed by atoms with Gasteiger partial charge in [-0.25, -0.2) is 9.79 Å². The number of esters is 1. The van der Waals surface area contributed by atoms with Crippen LogP contribution in [-0.2, 0) is 20.7 Å². The lowest BCUT2D eigenvalue weighted by molar-refractivity contribution is -0.136. The molecular formula is C27H30N4O5S. The highest BCUT2D eigenvalue weighted by atomic mass is 32.2. The first-order valence-corrected chi connectivity index (χ1v) is 12.8. The molecule has 0 radical (unpaired) electrons. The van der Waals surface area contributed by atoms with E-state index in [1.807, 2.05) is 41.5 Å². The van der Waals surface area contributed by atoms with Crippen LogP contribution in [0.15, 0.2) is 70.0 Å². The number of fused-ring (bicyclic) bond motifs is 1. The molecule has 1 atom stereocenters. The number of amides is 1. The molecule has 4 rings (SSSR count). The van der Waals surface area contributed by atoms with Crippen LogP contribution in [0.25, 0.3) is 0 Å². The maximum Gasteiger partial charge on any atom is 0.338 e. The van der Waals surface area contributed by atoms with Gasteiger partial charge in [0.15, 0.2) is 5.17 Å². The Kier molecular flexibility index (Phi) is 8.50. The molecule has 1 unspecified atom stereocenters. The first-order valence-electron chi connectivity index (χ1n) is 11.9. The number of aliphatic imine (C=N–C) groups is 1. The molecule has 0 saturated carbocycles. The highest BCUT2D eigenvalue weighted by Gasteiger charge is 2.42. The number of carbonyl (C=O) groups excluding carboxylic acids is 2. The van der Waals surface area contributed by atoms with Crippen LogP contribution < -0.4 is 14.8 Å². The average molecular weight is 523 g/mol. The number of hydrogen-bond donors (Lipinski definition) is 1. The number of thioether (sulfide) groups is 1. The number of benzene rings is 1. The van der Waals surface area contributed by atoms with E-state index in [0.717, 1.165) is 11.4 Å². The SMILES string of the molecule is CCC1=C(C(=O)OC)C(c2cc(OC)ccc2OC)N2C(CC(=O)NCCc3ccccn3)=CSC2=N1. The molecule has 1 amide bonds. The first kappa shape index (κ1) is 26.3. The van der Waals surface area contributed by atoms with Crippen LogP contribution in [0.4, 0.5) is 0 Å². The number of nitrogens with zero attached hydrogens (tertiary/aromatic N) is 3. The van der Waals surface area contributed by atoms with E-state index in [1.165, 1.54) is 18.9 Å². The zero-order valence-corrected chi connectivity index (χ0v) is 22.1. The number of carbonyl (C=O) groups is 2. The van der Waals surface area contributed by atoms with Gasteiger partial charge < -0.3 is 24.4 Å². The molecule has 2 aliphatic heterocycles. The van der Waals surface area contributed by atoms with Crippen molar-refractivity contribution in [2.75, 3.05) is 27.9 Å². The fourth-order valence-electron chi connectivity index (χ4n) is 4.36. The summed E-state index contributed by atoms with van der Waals surface area (Å²) >= 11 is 1.42. The van der Waals surface area contributed by atoms with Crippen molar-refractivity contribution in [2.24, 2.45) is 4.99 Å². The maximum absolute atomic E-state index is 13.1. The van der Waals surface area contributed by atoms with E-state index >= 15 is 0 Å². The lowest BCUT2D eigenvalue weighted by Gasteiger charge is -2.37. The molecule has 2 aliphatic rings. The summed E-state index contributed by atoms with van der Waals surface area (Å²) in [5, 5.41) is 5.57. The van der Waals surface area contributed by atoms with Crippen molar-refractivity contribution in [3.05, 3.63) is 76.2 Å². The van der Waals surface area contributed by atoms with Crippen molar-refractivity contribution < 1.29 is 23.8 Å². The number of rotatable bonds is 10. The van der Waals surface area contributed by atoms with Gasteiger partial charge in [0.25, 0.3) is 0 Å². The van der Waals surface area contributed by atoms with Gasteiger partial charge in [-0.3, -0.25) is 9.78 Å². The van der Waals surface area contributed by atoms with Gasteiger partial charge >= 0.3 is 5.97 Å². The summed E-state index contributed by atoms with van der Waals surface area (Å²) in [5.74, 6) is 0.586. The van der Waals surface area contributed by atoms with Gasteiger partial charge in [-0.05, 0) is 42.2 Å². The van der Waals surface area contributed by atoms with Gasteiger partial charge in [0.05, 0.1) is 45.1 Å². The predicted molar refractivity (Wildman–Crippen MR) is 142 cm³/mol. The Hall–Kier alpha value is -3.79. The van der Waals surface area contributed by atoms with Crippen LogP contribution in [0.2, 0.25) is 0 Å². The quantitative estimate of drug-likeness (QED) is 0.468. The largest absolute Gasteiger partial charge is 0.497 e. The summed E-state index contributed by atoms with van der Waals surface area (Å²) in [6.07, 6.45) is 3.02. The summed E-state index contributed by atoms with van der Waals surface area (Å²) in [5.41, 5.74) is 3.39. The third-order valence-electron chi connectivity index (χ3n) is 6.13. The van der Waals surface area contributed by atoms with Crippen LogP contribution in [0, 0.1) is 0 Å². The molecule has 0 saturated heterocycles. The fraction of sp³-hybridized carbons (Fsp3) is 0.333. The minimum absolute atomic E-state index is 0.118. The molecule has 1 N–H and O–H groups in total. The zero-order chi connectivity index (χ0) is 26.4. The number of hydrogen-bond acceptors (Lipinski definition) is 9. The molecule has 1 aromatic carbocycles. The molecule has 10 heteroatoms. The Bertz CT molecular complexity index is 1260. The smallest absolute Gasteiger partial charge is 0.338 e. The summed E-state index contributed by atoms with van der Waals surface area (Å²) in [6, 6.07) is 10.5. The molecule has 1 aromatic heterocycles. The molecule has 0 bridgehead atoms.